The Morgan fingerprint density at radius 2 is 1.88 bits per heavy atom. The Hall–Kier alpha value is -2.11. The Balaban J connectivity index is 0.00000208. The van der Waals surface area contributed by atoms with Crippen LogP contribution in [0.5, 0.6) is 0 Å². The molecule has 0 bridgehead atoms. The van der Waals surface area contributed by atoms with Gasteiger partial charge in [0.25, 0.3) is 0 Å². The Morgan fingerprint density at radius 3 is 2.50 bits per heavy atom. The van der Waals surface area contributed by atoms with Crippen molar-refractivity contribution in [3.05, 3.63) is 69.8 Å². The summed E-state index contributed by atoms with van der Waals surface area (Å²) in [7, 11) is 1.94. The largest absolute Gasteiger partial charge is 0.384 e. The number of halogens is 2. The van der Waals surface area contributed by atoms with Gasteiger partial charge in [0, 0.05) is 46.2 Å². The fraction of sp³-hybridized carbons (Fsp3) is 0.111. The first kappa shape index (κ1) is 18.2. The fourth-order valence-electron chi connectivity index (χ4n) is 2.67. The van der Waals surface area contributed by atoms with Gasteiger partial charge in [-0.05, 0) is 23.8 Å². The van der Waals surface area contributed by atoms with Crippen LogP contribution in [0.3, 0.4) is 0 Å². The molecule has 24 heavy (non-hydrogen) atoms. The molecule has 124 valence electrons. The second kappa shape index (κ2) is 7.20. The highest BCUT2D eigenvalue weighted by atomic mass is 79.9. The number of Topliss-reactive ketones (excluding diaryl/α,β-unsaturated/α-hetero) is 1. The number of fused-ring (bicyclic) bond motifs is 1. The van der Waals surface area contributed by atoms with Crippen LogP contribution >= 0.6 is 28.3 Å². The van der Waals surface area contributed by atoms with Crippen molar-refractivity contribution in [3.8, 4) is 0 Å². The van der Waals surface area contributed by atoms with Gasteiger partial charge in [0.1, 0.15) is 5.84 Å². The quantitative estimate of drug-likeness (QED) is 0.389. The number of nitrogens with zero attached hydrogens (tertiary/aromatic N) is 1. The number of aryl methyl sites for hydroxylation is 1. The molecule has 4 nitrogen and oxygen atoms in total. The molecule has 3 aromatic rings. The Bertz CT molecular complexity index is 916. The summed E-state index contributed by atoms with van der Waals surface area (Å²) in [5, 5.41) is 8.35. The van der Waals surface area contributed by atoms with E-state index in [1.165, 1.54) is 0 Å². The number of ketones is 1. The van der Waals surface area contributed by atoms with Gasteiger partial charge in [-0.15, -0.1) is 12.4 Å². The molecule has 0 aliphatic heterocycles. The van der Waals surface area contributed by atoms with Gasteiger partial charge in [-0.1, -0.05) is 40.2 Å². The molecule has 3 N–H and O–H groups in total. The number of nitrogen functional groups attached to an aromatic ring is 1. The number of hydrogen-bond acceptors (Lipinski definition) is 2. The minimum atomic E-state index is 0. The zero-order chi connectivity index (χ0) is 16.6. The molecule has 0 radical (unpaired) electrons. The Labute approximate surface area is 154 Å². The van der Waals surface area contributed by atoms with E-state index in [-0.39, 0.29) is 24.0 Å². The predicted molar refractivity (Wildman–Crippen MR) is 103 cm³/mol. The molecule has 0 fully saturated rings. The highest BCUT2D eigenvalue weighted by Gasteiger charge is 2.15. The zero-order valence-electron chi connectivity index (χ0n) is 13.0. The molecule has 6 heteroatoms. The monoisotopic (exact) mass is 405 g/mol. The van der Waals surface area contributed by atoms with Gasteiger partial charge in [-0.25, -0.2) is 0 Å². The predicted octanol–water partition coefficient (Wildman–Crippen LogP) is 4.07. The standard InChI is InChI=1S/C18H16BrN3O.ClH/c1-22-10-15(14-9-13(19)6-7-16(14)22)17(23)8-11-2-4-12(5-3-11)18(20)21;/h2-7,9-10H,8H2,1H3,(H3,20,21);1H. The molecule has 2 aromatic carbocycles. The van der Waals surface area contributed by atoms with Gasteiger partial charge in [0.15, 0.2) is 5.78 Å². The fourth-order valence-corrected chi connectivity index (χ4v) is 3.03. The third-order valence-corrected chi connectivity index (χ3v) is 4.37. The number of rotatable bonds is 4. The molecule has 3 rings (SSSR count). The van der Waals surface area contributed by atoms with Crippen LogP contribution in [-0.4, -0.2) is 16.2 Å². The van der Waals surface area contributed by atoms with E-state index in [9.17, 15) is 4.79 Å². The van der Waals surface area contributed by atoms with Crippen LogP contribution in [0, 0.1) is 5.41 Å². The van der Waals surface area contributed by atoms with Crippen molar-refractivity contribution in [3.63, 3.8) is 0 Å². The molecule has 0 aliphatic rings. The molecule has 0 spiro atoms. The zero-order valence-corrected chi connectivity index (χ0v) is 15.4. The summed E-state index contributed by atoms with van der Waals surface area (Å²) in [5.41, 5.74) is 8.77. The number of amidine groups is 1. The van der Waals surface area contributed by atoms with Crippen LogP contribution in [-0.2, 0) is 13.5 Å². The van der Waals surface area contributed by atoms with Crippen molar-refractivity contribution in [1.82, 2.24) is 4.57 Å². The molecule has 0 amide bonds. The molecule has 0 saturated carbocycles. The number of hydrogen-bond donors (Lipinski definition) is 2. The molecule has 0 saturated heterocycles. The average Bonchev–Trinajstić information content (AvgIpc) is 2.84. The lowest BCUT2D eigenvalue weighted by Gasteiger charge is -2.03. The second-order valence-corrected chi connectivity index (χ2v) is 6.44. The number of nitrogens with two attached hydrogens (primary N) is 1. The number of aromatic nitrogens is 1. The number of nitrogens with one attached hydrogen (secondary N) is 1. The van der Waals surface area contributed by atoms with Crippen LogP contribution in [0.1, 0.15) is 21.5 Å². The van der Waals surface area contributed by atoms with E-state index in [1.54, 1.807) is 12.1 Å². The first-order valence-electron chi connectivity index (χ1n) is 7.17. The molecule has 1 heterocycles. The van der Waals surface area contributed by atoms with E-state index in [0.29, 0.717) is 12.0 Å². The van der Waals surface area contributed by atoms with Crippen LogP contribution in [0.2, 0.25) is 0 Å². The summed E-state index contributed by atoms with van der Waals surface area (Å²) in [6, 6.07) is 13.2. The topological polar surface area (TPSA) is 71.9 Å². The summed E-state index contributed by atoms with van der Waals surface area (Å²) in [5.74, 6) is 0.103. The van der Waals surface area contributed by atoms with Crippen LogP contribution in [0.4, 0.5) is 0 Å². The van der Waals surface area contributed by atoms with Crippen molar-refractivity contribution in [2.45, 2.75) is 6.42 Å². The lowest BCUT2D eigenvalue weighted by molar-refractivity contribution is 0.0994. The average molecular weight is 407 g/mol. The molecular weight excluding hydrogens is 390 g/mol. The third kappa shape index (κ3) is 3.52. The first-order chi connectivity index (χ1) is 11.0. The third-order valence-electron chi connectivity index (χ3n) is 3.88. The highest BCUT2D eigenvalue weighted by Crippen LogP contribution is 2.25. The lowest BCUT2D eigenvalue weighted by Crippen LogP contribution is -2.11. The number of benzene rings is 2. The molecule has 0 aliphatic carbocycles. The van der Waals surface area contributed by atoms with Crippen molar-refractivity contribution in [2.75, 3.05) is 0 Å². The molecular formula is C18H17BrClN3O. The molecule has 0 unspecified atom stereocenters. The number of carbonyl (C=O) groups is 1. The maximum absolute atomic E-state index is 12.7. The summed E-state index contributed by atoms with van der Waals surface area (Å²) < 4.78 is 2.92. The van der Waals surface area contributed by atoms with Crippen LogP contribution < -0.4 is 5.73 Å². The van der Waals surface area contributed by atoms with Gasteiger partial charge in [-0.3, -0.25) is 10.2 Å². The van der Waals surface area contributed by atoms with E-state index in [1.807, 2.05) is 48.1 Å². The minimum absolute atomic E-state index is 0. The maximum atomic E-state index is 12.7. The second-order valence-electron chi connectivity index (χ2n) is 5.53. The minimum Gasteiger partial charge on any atom is -0.384 e. The summed E-state index contributed by atoms with van der Waals surface area (Å²) in [6.07, 6.45) is 2.20. The van der Waals surface area contributed by atoms with Gasteiger partial charge in [0.05, 0.1) is 0 Å². The summed E-state index contributed by atoms with van der Waals surface area (Å²) >= 11 is 3.46. The van der Waals surface area contributed by atoms with Crippen molar-refractivity contribution in [1.29, 1.82) is 5.41 Å². The van der Waals surface area contributed by atoms with E-state index in [2.05, 4.69) is 15.9 Å². The smallest absolute Gasteiger partial charge is 0.169 e. The van der Waals surface area contributed by atoms with E-state index in [0.717, 1.165) is 26.5 Å². The lowest BCUT2D eigenvalue weighted by atomic mass is 10.0. The normalized spacial score (nSPS) is 10.4. The van der Waals surface area contributed by atoms with Crippen LogP contribution in [0.15, 0.2) is 53.1 Å². The van der Waals surface area contributed by atoms with Gasteiger partial charge in [0.2, 0.25) is 0 Å². The van der Waals surface area contributed by atoms with E-state index in [4.69, 9.17) is 11.1 Å². The molecule has 0 atom stereocenters. The van der Waals surface area contributed by atoms with Gasteiger partial charge >= 0.3 is 0 Å². The number of carbonyl (C=O) groups excluding carboxylic acids is 1. The SMILES string of the molecule is Cl.Cn1cc(C(=O)Cc2ccc(C(=N)N)cc2)c2cc(Br)ccc21. The first-order valence-corrected chi connectivity index (χ1v) is 7.96. The Kier molecular flexibility index (Phi) is 5.47. The highest BCUT2D eigenvalue weighted by molar-refractivity contribution is 9.10. The summed E-state index contributed by atoms with van der Waals surface area (Å²) in [4.78, 5) is 12.7. The van der Waals surface area contributed by atoms with Crippen LogP contribution in [0.25, 0.3) is 10.9 Å². The van der Waals surface area contributed by atoms with Crippen molar-refractivity contribution >= 4 is 50.9 Å². The van der Waals surface area contributed by atoms with Gasteiger partial charge in [-0.2, -0.15) is 0 Å². The summed E-state index contributed by atoms with van der Waals surface area (Å²) in [6.45, 7) is 0. The van der Waals surface area contributed by atoms with E-state index < -0.39 is 0 Å². The molecule has 1 aromatic heterocycles. The van der Waals surface area contributed by atoms with Crippen molar-refractivity contribution < 1.29 is 4.79 Å². The van der Waals surface area contributed by atoms with E-state index >= 15 is 0 Å². The van der Waals surface area contributed by atoms with Gasteiger partial charge < -0.3 is 10.3 Å². The Morgan fingerprint density at radius 1 is 1.21 bits per heavy atom. The van der Waals surface area contributed by atoms with Crippen molar-refractivity contribution in [2.24, 2.45) is 12.8 Å². The maximum Gasteiger partial charge on any atom is 0.169 e.